The van der Waals surface area contributed by atoms with E-state index in [0.29, 0.717) is 22.5 Å². The quantitative estimate of drug-likeness (QED) is 0.509. The summed E-state index contributed by atoms with van der Waals surface area (Å²) in [5.74, 6) is -1.93. The smallest absolute Gasteiger partial charge is 0.277 e. The lowest BCUT2D eigenvalue weighted by Gasteiger charge is -2.13. The van der Waals surface area contributed by atoms with Crippen LogP contribution < -0.4 is 16.4 Å². The van der Waals surface area contributed by atoms with Gasteiger partial charge >= 0.3 is 0 Å². The molecule has 3 rings (SSSR count). The summed E-state index contributed by atoms with van der Waals surface area (Å²) in [6, 6.07) is 12.5. The Morgan fingerprint density at radius 2 is 1.52 bits per heavy atom. The highest BCUT2D eigenvalue weighted by atomic mass is 16.3. The molecule has 2 aromatic carbocycles. The third kappa shape index (κ3) is 4.47. The monoisotopic (exact) mass is 394 g/mol. The molecule has 0 spiro atoms. The summed E-state index contributed by atoms with van der Waals surface area (Å²) in [7, 11) is 0. The van der Waals surface area contributed by atoms with Crippen LogP contribution >= 0.6 is 0 Å². The van der Waals surface area contributed by atoms with Crippen molar-refractivity contribution in [2.45, 2.75) is 0 Å². The van der Waals surface area contributed by atoms with Crippen LogP contribution in [-0.4, -0.2) is 46.8 Å². The van der Waals surface area contributed by atoms with E-state index in [9.17, 15) is 19.2 Å². The van der Waals surface area contributed by atoms with Gasteiger partial charge in [-0.05, 0) is 48.5 Å². The minimum absolute atomic E-state index is 0.0706. The van der Waals surface area contributed by atoms with Crippen LogP contribution in [0, 0.1) is 0 Å². The standard InChI is InChI=1S/C20H18N4O5/c21-18(27)12-1-5-15(6-2-12)23-19(28)13-3-7-14(8-4-13)22-16-11-17(26)24(9-10-25)20(16)29/h1-8,11,22,25H,9-10H2,(H2,21,27)(H,23,28). The normalized spacial score (nSPS) is 13.3. The summed E-state index contributed by atoms with van der Waals surface area (Å²) in [5.41, 5.74) is 7.01. The second-order valence-corrected chi connectivity index (χ2v) is 6.17. The van der Waals surface area contributed by atoms with Gasteiger partial charge in [-0.25, -0.2) is 0 Å². The van der Waals surface area contributed by atoms with Crippen LogP contribution in [-0.2, 0) is 9.59 Å². The molecule has 1 aliphatic heterocycles. The first kappa shape index (κ1) is 19.8. The summed E-state index contributed by atoms with van der Waals surface area (Å²) in [5, 5.41) is 14.4. The second-order valence-electron chi connectivity index (χ2n) is 6.17. The molecule has 0 aromatic heterocycles. The Balaban J connectivity index is 1.63. The highest BCUT2D eigenvalue weighted by Gasteiger charge is 2.30. The Labute approximate surface area is 165 Å². The molecular weight excluding hydrogens is 376 g/mol. The molecule has 29 heavy (non-hydrogen) atoms. The lowest BCUT2D eigenvalue weighted by Crippen LogP contribution is -2.34. The molecule has 9 heteroatoms. The van der Waals surface area contributed by atoms with Gasteiger partial charge in [-0.1, -0.05) is 0 Å². The van der Waals surface area contributed by atoms with E-state index in [2.05, 4.69) is 10.6 Å². The summed E-state index contributed by atoms with van der Waals surface area (Å²) in [6.45, 7) is -0.382. The number of imide groups is 1. The van der Waals surface area contributed by atoms with E-state index < -0.39 is 17.7 Å². The van der Waals surface area contributed by atoms with Crippen molar-refractivity contribution >= 4 is 35.0 Å². The molecular formula is C20H18N4O5. The van der Waals surface area contributed by atoms with Gasteiger partial charge in [-0.3, -0.25) is 24.1 Å². The predicted molar refractivity (Wildman–Crippen MR) is 105 cm³/mol. The largest absolute Gasteiger partial charge is 0.395 e. The van der Waals surface area contributed by atoms with Crippen molar-refractivity contribution in [3.63, 3.8) is 0 Å². The zero-order chi connectivity index (χ0) is 21.0. The molecule has 1 aliphatic rings. The molecule has 1 heterocycles. The van der Waals surface area contributed by atoms with E-state index in [4.69, 9.17) is 10.8 Å². The molecule has 0 fully saturated rings. The number of nitrogens with zero attached hydrogens (tertiary/aromatic N) is 1. The molecule has 4 amide bonds. The maximum atomic E-state index is 12.3. The molecule has 0 saturated heterocycles. The fraction of sp³-hybridized carbons (Fsp3) is 0.100. The molecule has 0 radical (unpaired) electrons. The molecule has 0 unspecified atom stereocenters. The molecule has 148 valence electrons. The Bertz CT molecular complexity index is 997. The molecule has 0 atom stereocenters. The van der Waals surface area contributed by atoms with Crippen LogP contribution in [0.5, 0.6) is 0 Å². The van der Waals surface area contributed by atoms with Crippen LogP contribution in [0.15, 0.2) is 60.3 Å². The van der Waals surface area contributed by atoms with Crippen molar-refractivity contribution < 1.29 is 24.3 Å². The number of hydrogen-bond donors (Lipinski definition) is 4. The summed E-state index contributed by atoms with van der Waals surface area (Å²) < 4.78 is 0. The van der Waals surface area contributed by atoms with Crippen LogP contribution in [0.1, 0.15) is 20.7 Å². The lowest BCUT2D eigenvalue weighted by atomic mass is 10.1. The Kier molecular flexibility index (Phi) is 5.70. The maximum absolute atomic E-state index is 12.3. The third-order valence-corrected chi connectivity index (χ3v) is 4.19. The van der Waals surface area contributed by atoms with Crippen molar-refractivity contribution in [2.75, 3.05) is 23.8 Å². The van der Waals surface area contributed by atoms with Crippen molar-refractivity contribution in [1.82, 2.24) is 4.90 Å². The number of benzene rings is 2. The number of aliphatic hydroxyl groups excluding tert-OH is 1. The first-order chi connectivity index (χ1) is 13.9. The number of nitrogens with two attached hydrogens (primary N) is 1. The fourth-order valence-corrected chi connectivity index (χ4v) is 2.69. The SMILES string of the molecule is NC(=O)c1ccc(NC(=O)c2ccc(NC3=CC(=O)N(CCO)C3=O)cc2)cc1. The second kappa shape index (κ2) is 8.36. The number of primary amides is 1. The highest BCUT2D eigenvalue weighted by Crippen LogP contribution is 2.18. The van der Waals surface area contributed by atoms with E-state index in [1.165, 1.54) is 12.1 Å². The predicted octanol–water partition coefficient (Wildman–Crippen LogP) is 0.695. The first-order valence-electron chi connectivity index (χ1n) is 8.65. The molecule has 9 nitrogen and oxygen atoms in total. The van der Waals surface area contributed by atoms with Crippen LogP contribution in [0.4, 0.5) is 11.4 Å². The number of aliphatic hydroxyl groups is 1. The number of nitrogens with one attached hydrogen (secondary N) is 2. The molecule has 0 bridgehead atoms. The number of carbonyl (C=O) groups is 4. The fourth-order valence-electron chi connectivity index (χ4n) is 2.69. The molecule has 0 saturated carbocycles. The van der Waals surface area contributed by atoms with Gasteiger partial charge in [0, 0.05) is 28.6 Å². The number of rotatable bonds is 7. The van der Waals surface area contributed by atoms with E-state index in [1.54, 1.807) is 36.4 Å². The maximum Gasteiger partial charge on any atom is 0.277 e. The van der Waals surface area contributed by atoms with E-state index in [0.717, 1.165) is 11.0 Å². The van der Waals surface area contributed by atoms with E-state index >= 15 is 0 Å². The van der Waals surface area contributed by atoms with Gasteiger partial charge in [-0.2, -0.15) is 0 Å². The van der Waals surface area contributed by atoms with Gasteiger partial charge < -0.3 is 21.5 Å². The van der Waals surface area contributed by atoms with Crippen molar-refractivity contribution in [1.29, 1.82) is 0 Å². The van der Waals surface area contributed by atoms with Gasteiger partial charge in [0.2, 0.25) is 5.91 Å². The third-order valence-electron chi connectivity index (χ3n) is 4.19. The Hall–Kier alpha value is -3.98. The summed E-state index contributed by atoms with van der Waals surface area (Å²) in [4.78, 5) is 48.2. The van der Waals surface area contributed by atoms with Gasteiger partial charge in [-0.15, -0.1) is 0 Å². The Morgan fingerprint density at radius 3 is 2.10 bits per heavy atom. The van der Waals surface area contributed by atoms with Crippen LogP contribution in [0.25, 0.3) is 0 Å². The zero-order valence-corrected chi connectivity index (χ0v) is 15.2. The van der Waals surface area contributed by atoms with Gasteiger partial charge in [0.1, 0.15) is 5.70 Å². The lowest BCUT2D eigenvalue weighted by molar-refractivity contribution is -0.137. The average Bonchev–Trinajstić information content (AvgIpc) is 2.96. The summed E-state index contributed by atoms with van der Waals surface area (Å²) in [6.07, 6.45) is 1.16. The molecule has 0 aliphatic carbocycles. The number of hydrogen-bond acceptors (Lipinski definition) is 6. The van der Waals surface area contributed by atoms with Crippen molar-refractivity contribution in [2.24, 2.45) is 5.73 Å². The van der Waals surface area contributed by atoms with E-state index in [1.807, 2.05) is 0 Å². The first-order valence-corrected chi connectivity index (χ1v) is 8.65. The summed E-state index contributed by atoms with van der Waals surface area (Å²) >= 11 is 0. The minimum atomic E-state index is -0.553. The molecule has 5 N–H and O–H groups in total. The van der Waals surface area contributed by atoms with Crippen LogP contribution in [0.2, 0.25) is 0 Å². The van der Waals surface area contributed by atoms with Gasteiger partial charge in [0.25, 0.3) is 17.7 Å². The highest BCUT2D eigenvalue weighted by molar-refractivity contribution is 6.17. The number of carbonyl (C=O) groups excluding carboxylic acids is 4. The van der Waals surface area contributed by atoms with Crippen LogP contribution in [0.3, 0.4) is 0 Å². The van der Waals surface area contributed by atoms with Gasteiger partial charge in [0.15, 0.2) is 0 Å². The minimum Gasteiger partial charge on any atom is -0.395 e. The van der Waals surface area contributed by atoms with E-state index in [-0.39, 0.29) is 24.8 Å². The number of β-amino-alcohol motifs (C(OH)–C–C–N with tert-alkyl or cyclic N) is 1. The number of anilines is 2. The zero-order valence-electron chi connectivity index (χ0n) is 15.2. The van der Waals surface area contributed by atoms with Crippen molar-refractivity contribution in [3.05, 3.63) is 71.4 Å². The average molecular weight is 394 g/mol. The topological polar surface area (TPSA) is 142 Å². The van der Waals surface area contributed by atoms with Gasteiger partial charge in [0.05, 0.1) is 13.2 Å². The Morgan fingerprint density at radius 1 is 0.931 bits per heavy atom. The van der Waals surface area contributed by atoms with Crippen molar-refractivity contribution in [3.8, 4) is 0 Å². The molecule has 2 aromatic rings. The number of amides is 4.